The van der Waals surface area contributed by atoms with Gasteiger partial charge >= 0.3 is 0 Å². The molecule has 1 aromatic rings. The van der Waals surface area contributed by atoms with Gasteiger partial charge in [0.05, 0.1) is 7.11 Å². The number of methoxy groups -OCH3 is 2. The molecule has 0 amide bonds. The van der Waals surface area contributed by atoms with Gasteiger partial charge in [0.15, 0.2) is 0 Å². The zero-order valence-electron chi connectivity index (χ0n) is 10.8. The predicted molar refractivity (Wildman–Crippen MR) is 66.2 cm³/mol. The number of hydrogen-bond acceptors (Lipinski definition) is 5. The van der Waals surface area contributed by atoms with Crippen LogP contribution in [-0.2, 0) is 11.2 Å². The second kappa shape index (κ2) is 7.97. The highest BCUT2D eigenvalue weighted by Gasteiger charge is 2.09. The zero-order chi connectivity index (χ0) is 12.5. The van der Waals surface area contributed by atoms with Crippen LogP contribution in [0, 0.1) is 0 Å². The highest BCUT2D eigenvalue weighted by molar-refractivity contribution is 5.14. The molecule has 1 atom stereocenters. The lowest BCUT2D eigenvalue weighted by molar-refractivity contribution is 0.182. The Kier molecular flexibility index (Phi) is 6.50. The van der Waals surface area contributed by atoms with Crippen molar-refractivity contribution in [3.63, 3.8) is 0 Å². The van der Waals surface area contributed by atoms with E-state index < -0.39 is 0 Å². The lowest BCUT2D eigenvalue weighted by Crippen LogP contribution is -2.32. The summed E-state index contributed by atoms with van der Waals surface area (Å²) in [5.41, 5.74) is 0.985. The summed E-state index contributed by atoms with van der Waals surface area (Å²) in [4.78, 5) is 8.24. The second-order valence-electron chi connectivity index (χ2n) is 3.79. The smallest absolute Gasteiger partial charge is 0.216 e. The molecule has 0 aliphatic carbocycles. The Bertz CT molecular complexity index is 320. The molecule has 1 heterocycles. The highest BCUT2D eigenvalue weighted by atomic mass is 16.5. The van der Waals surface area contributed by atoms with E-state index in [4.69, 9.17) is 9.47 Å². The fraction of sp³-hybridized carbons (Fsp3) is 0.667. The molecule has 1 unspecified atom stereocenters. The maximum Gasteiger partial charge on any atom is 0.216 e. The van der Waals surface area contributed by atoms with Crippen LogP contribution in [0.4, 0.5) is 0 Å². The third kappa shape index (κ3) is 5.10. The number of hydrogen-bond donors (Lipinski definition) is 1. The largest absolute Gasteiger partial charge is 0.481 e. The van der Waals surface area contributed by atoms with Crippen molar-refractivity contribution in [2.75, 3.05) is 27.4 Å². The number of aromatic nitrogens is 2. The lowest BCUT2D eigenvalue weighted by Gasteiger charge is -2.17. The van der Waals surface area contributed by atoms with E-state index >= 15 is 0 Å². The summed E-state index contributed by atoms with van der Waals surface area (Å²) in [6.07, 6.45) is 3.36. The van der Waals surface area contributed by atoms with Crippen LogP contribution in [-0.4, -0.2) is 43.4 Å². The molecule has 0 aliphatic heterocycles. The molecule has 0 aromatic carbocycles. The summed E-state index contributed by atoms with van der Waals surface area (Å²) in [6.45, 7) is 3.79. The van der Waals surface area contributed by atoms with Crippen LogP contribution in [0.3, 0.4) is 0 Å². The van der Waals surface area contributed by atoms with Gasteiger partial charge in [-0.1, -0.05) is 6.92 Å². The van der Waals surface area contributed by atoms with Crippen molar-refractivity contribution >= 4 is 0 Å². The molecule has 0 bridgehead atoms. The van der Waals surface area contributed by atoms with Gasteiger partial charge < -0.3 is 14.8 Å². The molecule has 0 saturated heterocycles. The summed E-state index contributed by atoms with van der Waals surface area (Å²) < 4.78 is 10.2. The second-order valence-corrected chi connectivity index (χ2v) is 3.79. The Morgan fingerprint density at radius 1 is 1.35 bits per heavy atom. The highest BCUT2D eigenvalue weighted by Crippen LogP contribution is 2.09. The van der Waals surface area contributed by atoms with Crippen molar-refractivity contribution in [3.8, 4) is 5.88 Å². The first-order chi connectivity index (χ1) is 8.30. The predicted octanol–water partition coefficient (Wildman–Crippen LogP) is 1.04. The van der Waals surface area contributed by atoms with Crippen LogP contribution >= 0.6 is 0 Å². The van der Waals surface area contributed by atoms with Crippen LogP contribution in [0.5, 0.6) is 5.88 Å². The van der Waals surface area contributed by atoms with Gasteiger partial charge in [0.2, 0.25) is 5.88 Å². The quantitative estimate of drug-likeness (QED) is 0.734. The van der Waals surface area contributed by atoms with Gasteiger partial charge in [0.1, 0.15) is 6.33 Å². The minimum Gasteiger partial charge on any atom is -0.481 e. The summed E-state index contributed by atoms with van der Waals surface area (Å²) in [5.74, 6) is 0.608. The molecule has 0 aliphatic rings. The lowest BCUT2D eigenvalue weighted by atomic mass is 10.1. The van der Waals surface area contributed by atoms with E-state index in [-0.39, 0.29) is 0 Å². The van der Waals surface area contributed by atoms with E-state index in [2.05, 4.69) is 22.2 Å². The van der Waals surface area contributed by atoms with Crippen molar-refractivity contribution < 1.29 is 9.47 Å². The minimum absolute atomic E-state index is 0.375. The third-order valence-electron chi connectivity index (χ3n) is 2.53. The number of ether oxygens (including phenoxy) is 2. The summed E-state index contributed by atoms with van der Waals surface area (Å²) in [6, 6.07) is 2.25. The molecule has 1 rings (SSSR count). The van der Waals surface area contributed by atoms with E-state index in [0.29, 0.717) is 11.9 Å². The van der Waals surface area contributed by atoms with E-state index in [1.54, 1.807) is 14.2 Å². The maximum absolute atomic E-state index is 5.10. The maximum atomic E-state index is 5.10. The third-order valence-corrected chi connectivity index (χ3v) is 2.53. The van der Waals surface area contributed by atoms with Crippen molar-refractivity contribution in [1.29, 1.82) is 0 Å². The molecule has 5 nitrogen and oxygen atoms in total. The number of nitrogens with zero attached hydrogens (tertiary/aromatic N) is 2. The Morgan fingerprint density at radius 2 is 2.18 bits per heavy atom. The van der Waals surface area contributed by atoms with E-state index in [9.17, 15) is 0 Å². The summed E-state index contributed by atoms with van der Waals surface area (Å²) >= 11 is 0. The van der Waals surface area contributed by atoms with Gasteiger partial charge in [-0.3, -0.25) is 0 Å². The molecule has 5 heteroatoms. The summed E-state index contributed by atoms with van der Waals surface area (Å²) in [5, 5.41) is 3.42. The topological polar surface area (TPSA) is 56.3 Å². The molecular weight excluding hydrogens is 218 g/mol. The van der Waals surface area contributed by atoms with Gasteiger partial charge in [0.25, 0.3) is 0 Å². The first kappa shape index (κ1) is 13.9. The zero-order valence-corrected chi connectivity index (χ0v) is 10.8. The van der Waals surface area contributed by atoms with Crippen molar-refractivity contribution in [3.05, 3.63) is 18.1 Å². The fourth-order valence-corrected chi connectivity index (χ4v) is 1.68. The molecule has 0 radical (unpaired) electrons. The molecular formula is C12H21N3O2. The Morgan fingerprint density at radius 3 is 2.82 bits per heavy atom. The standard InChI is InChI=1S/C12H21N3O2/c1-4-13-10(5-6-16-2)7-11-8-12(17-3)15-9-14-11/h8-10,13H,4-7H2,1-3H3. The summed E-state index contributed by atoms with van der Waals surface area (Å²) in [7, 11) is 3.33. The number of likely N-dealkylation sites (N-methyl/N-ethyl adjacent to an activating group) is 1. The van der Waals surface area contributed by atoms with Gasteiger partial charge in [-0.15, -0.1) is 0 Å². The molecule has 0 spiro atoms. The van der Waals surface area contributed by atoms with Gasteiger partial charge in [-0.25, -0.2) is 9.97 Å². The molecule has 0 fully saturated rings. The number of nitrogens with one attached hydrogen (secondary N) is 1. The van der Waals surface area contributed by atoms with Crippen molar-refractivity contribution in [2.45, 2.75) is 25.8 Å². The normalized spacial score (nSPS) is 12.4. The first-order valence-corrected chi connectivity index (χ1v) is 5.87. The molecule has 1 N–H and O–H groups in total. The number of rotatable bonds is 8. The van der Waals surface area contributed by atoms with Gasteiger partial charge in [-0.2, -0.15) is 0 Å². The van der Waals surface area contributed by atoms with Gasteiger partial charge in [0, 0.05) is 37.9 Å². The van der Waals surface area contributed by atoms with E-state index in [1.807, 2.05) is 6.07 Å². The van der Waals surface area contributed by atoms with Crippen LogP contribution in [0.1, 0.15) is 19.0 Å². The Hall–Kier alpha value is -1.20. The average molecular weight is 239 g/mol. The van der Waals surface area contributed by atoms with Crippen LogP contribution in [0.2, 0.25) is 0 Å². The van der Waals surface area contributed by atoms with Crippen LogP contribution in [0.25, 0.3) is 0 Å². The van der Waals surface area contributed by atoms with Gasteiger partial charge in [-0.05, 0) is 13.0 Å². The SMILES string of the molecule is CCNC(CCOC)Cc1cc(OC)ncn1. The fourth-order valence-electron chi connectivity index (χ4n) is 1.68. The van der Waals surface area contributed by atoms with Crippen molar-refractivity contribution in [2.24, 2.45) is 0 Å². The van der Waals surface area contributed by atoms with Crippen molar-refractivity contribution in [1.82, 2.24) is 15.3 Å². The molecule has 0 saturated carbocycles. The molecule has 96 valence electrons. The van der Waals surface area contributed by atoms with E-state index in [0.717, 1.165) is 31.7 Å². The van der Waals surface area contributed by atoms with E-state index in [1.165, 1.54) is 6.33 Å². The first-order valence-electron chi connectivity index (χ1n) is 5.87. The molecule has 1 aromatic heterocycles. The minimum atomic E-state index is 0.375. The molecule has 17 heavy (non-hydrogen) atoms. The Labute approximate surface area is 103 Å². The van der Waals surface area contributed by atoms with Crippen LogP contribution < -0.4 is 10.1 Å². The van der Waals surface area contributed by atoms with Crippen LogP contribution in [0.15, 0.2) is 12.4 Å². The average Bonchev–Trinajstić information content (AvgIpc) is 2.36. The Balaban J connectivity index is 2.57. The monoisotopic (exact) mass is 239 g/mol.